The Hall–Kier alpha value is -1.22. The Morgan fingerprint density at radius 3 is 2.59 bits per heavy atom. The predicted octanol–water partition coefficient (Wildman–Crippen LogP) is 2.89. The van der Waals surface area contributed by atoms with Crippen LogP contribution in [0.1, 0.15) is 32.4 Å². The molecule has 0 fully saturated rings. The monoisotopic (exact) mass is 255 g/mol. The molecule has 1 aromatic carbocycles. The summed E-state index contributed by atoms with van der Waals surface area (Å²) in [6, 6.07) is 7.56. The molecule has 0 aliphatic heterocycles. The Balaban J connectivity index is 2.84. The Bertz CT molecular complexity index is 379. The van der Waals surface area contributed by atoms with Crippen LogP contribution >= 0.6 is 11.6 Å². The standard InChI is InChI=1S/C13H18ClNO2/c1-9(2)17-12-7-5-4-6-11(12)10(3)15-13(16)8-14/h4-7,9-10H,8H2,1-3H3,(H,15,16). The maximum atomic E-state index is 11.2. The molecule has 0 spiro atoms. The zero-order valence-corrected chi connectivity index (χ0v) is 11.1. The van der Waals surface area contributed by atoms with Crippen LogP contribution in [-0.4, -0.2) is 17.9 Å². The summed E-state index contributed by atoms with van der Waals surface area (Å²) in [5.41, 5.74) is 0.958. The molecule has 0 bridgehead atoms. The number of amides is 1. The molecule has 3 nitrogen and oxygen atoms in total. The van der Waals surface area contributed by atoms with Crippen LogP contribution in [0.4, 0.5) is 0 Å². The summed E-state index contributed by atoms with van der Waals surface area (Å²) < 4.78 is 5.70. The molecule has 1 rings (SSSR count). The van der Waals surface area contributed by atoms with Gasteiger partial charge in [0.25, 0.3) is 0 Å². The van der Waals surface area contributed by atoms with Gasteiger partial charge in [-0.05, 0) is 26.8 Å². The summed E-state index contributed by atoms with van der Waals surface area (Å²) in [7, 11) is 0. The fraction of sp³-hybridized carbons (Fsp3) is 0.462. The zero-order chi connectivity index (χ0) is 12.8. The van der Waals surface area contributed by atoms with E-state index in [0.717, 1.165) is 11.3 Å². The number of carbonyl (C=O) groups excluding carboxylic acids is 1. The number of hydrogen-bond acceptors (Lipinski definition) is 2. The summed E-state index contributed by atoms with van der Waals surface area (Å²) in [6.45, 7) is 5.85. The fourth-order valence-corrected chi connectivity index (χ4v) is 1.63. The van der Waals surface area contributed by atoms with E-state index in [0.29, 0.717) is 0 Å². The molecular formula is C13H18ClNO2. The number of para-hydroxylation sites is 1. The average Bonchev–Trinajstić information content (AvgIpc) is 2.28. The second-order valence-corrected chi connectivity index (χ2v) is 4.39. The Kier molecular flexibility index (Phi) is 5.29. The first-order valence-electron chi connectivity index (χ1n) is 5.65. The number of alkyl halides is 1. The van der Waals surface area contributed by atoms with Crippen molar-refractivity contribution in [1.29, 1.82) is 0 Å². The second kappa shape index (κ2) is 6.50. The van der Waals surface area contributed by atoms with Crippen LogP contribution in [0.25, 0.3) is 0 Å². The quantitative estimate of drug-likeness (QED) is 0.822. The van der Waals surface area contributed by atoms with Crippen LogP contribution in [0.15, 0.2) is 24.3 Å². The summed E-state index contributed by atoms with van der Waals surface area (Å²) in [4.78, 5) is 11.2. The first kappa shape index (κ1) is 13.8. The number of nitrogens with one attached hydrogen (secondary N) is 1. The van der Waals surface area contributed by atoms with Gasteiger partial charge >= 0.3 is 0 Å². The van der Waals surface area contributed by atoms with Crippen molar-refractivity contribution < 1.29 is 9.53 Å². The molecule has 4 heteroatoms. The molecule has 17 heavy (non-hydrogen) atoms. The minimum atomic E-state index is -0.182. The van der Waals surface area contributed by atoms with E-state index in [1.165, 1.54) is 0 Å². The number of hydrogen-bond donors (Lipinski definition) is 1. The molecule has 94 valence electrons. The van der Waals surface area contributed by atoms with E-state index in [4.69, 9.17) is 16.3 Å². The van der Waals surface area contributed by atoms with Gasteiger partial charge in [-0.25, -0.2) is 0 Å². The van der Waals surface area contributed by atoms with E-state index in [2.05, 4.69) is 5.32 Å². The van der Waals surface area contributed by atoms with Crippen LogP contribution in [0.3, 0.4) is 0 Å². The molecule has 1 aromatic rings. The first-order valence-corrected chi connectivity index (χ1v) is 6.19. The molecule has 1 N–H and O–H groups in total. The van der Waals surface area contributed by atoms with Gasteiger partial charge in [0.1, 0.15) is 11.6 Å². The lowest BCUT2D eigenvalue weighted by molar-refractivity contribution is -0.119. The van der Waals surface area contributed by atoms with Gasteiger partial charge in [0.2, 0.25) is 5.91 Å². The minimum Gasteiger partial charge on any atom is -0.491 e. The molecular weight excluding hydrogens is 238 g/mol. The molecule has 0 saturated carbocycles. The summed E-state index contributed by atoms with van der Waals surface area (Å²) in [5, 5.41) is 2.81. The second-order valence-electron chi connectivity index (χ2n) is 4.13. The van der Waals surface area contributed by atoms with E-state index in [9.17, 15) is 4.79 Å². The SMILES string of the molecule is CC(C)Oc1ccccc1C(C)NC(=O)CCl. The van der Waals surface area contributed by atoms with Crippen molar-refractivity contribution in [3.63, 3.8) is 0 Å². The first-order chi connectivity index (χ1) is 8.04. The Morgan fingerprint density at radius 2 is 2.00 bits per heavy atom. The molecule has 0 heterocycles. The van der Waals surface area contributed by atoms with Crippen molar-refractivity contribution in [3.8, 4) is 5.75 Å². The number of rotatable bonds is 5. The van der Waals surface area contributed by atoms with Crippen molar-refractivity contribution in [2.75, 3.05) is 5.88 Å². The van der Waals surface area contributed by atoms with Crippen molar-refractivity contribution in [2.45, 2.75) is 32.9 Å². The number of ether oxygens (including phenoxy) is 1. The molecule has 0 aliphatic carbocycles. The van der Waals surface area contributed by atoms with Crippen molar-refractivity contribution in [1.82, 2.24) is 5.32 Å². The zero-order valence-electron chi connectivity index (χ0n) is 10.4. The third kappa shape index (κ3) is 4.27. The highest BCUT2D eigenvalue weighted by atomic mass is 35.5. The van der Waals surface area contributed by atoms with Gasteiger partial charge in [0, 0.05) is 5.56 Å². The van der Waals surface area contributed by atoms with Crippen LogP contribution in [-0.2, 0) is 4.79 Å². The molecule has 0 saturated heterocycles. The number of halogens is 1. The normalized spacial score (nSPS) is 12.3. The highest BCUT2D eigenvalue weighted by molar-refractivity contribution is 6.27. The lowest BCUT2D eigenvalue weighted by Crippen LogP contribution is -2.28. The van der Waals surface area contributed by atoms with E-state index in [1.807, 2.05) is 45.0 Å². The van der Waals surface area contributed by atoms with Crippen LogP contribution in [0, 0.1) is 0 Å². The fourth-order valence-electron chi connectivity index (χ4n) is 1.56. The molecule has 0 radical (unpaired) electrons. The van der Waals surface area contributed by atoms with Gasteiger partial charge < -0.3 is 10.1 Å². The average molecular weight is 256 g/mol. The van der Waals surface area contributed by atoms with E-state index in [-0.39, 0.29) is 23.9 Å². The van der Waals surface area contributed by atoms with Gasteiger partial charge in [-0.15, -0.1) is 11.6 Å². The van der Waals surface area contributed by atoms with Gasteiger partial charge in [-0.1, -0.05) is 18.2 Å². The van der Waals surface area contributed by atoms with Crippen molar-refractivity contribution in [2.24, 2.45) is 0 Å². The molecule has 1 atom stereocenters. The Morgan fingerprint density at radius 1 is 1.35 bits per heavy atom. The van der Waals surface area contributed by atoms with Crippen molar-refractivity contribution >= 4 is 17.5 Å². The van der Waals surface area contributed by atoms with Crippen LogP contribution in [0.2, 0.25) is 0 Å². The van der Waals surface area contributed by atoms with Gasteiger partial charge in [-0.3, -0.25) is 4.79 Å². The number of carbonyl (C=O) groups is 1. The topological polar surface area (TPSA) is 38.3 Å². The lowest BCUT2D eigenvalue weighted by Gasteiger charge is -2.19. The molecule has 1 unspecified atom stereocenters. The largest absolute Gasteiger partial charge is 0.491 e. The van der Waals surface area contributed by atoms with Crippen LogP contribution in [0.5, 0.6) is 5.75 Å². The maximum Gasteiger partial charge on any atom is 0.235 e. The highest BCUT2D eigenvalue weighted by Gasteiger charge is 2.13. The summed E-state index contributed by atoms with van der Waals surface area (Å²) in [6.07, 6.45) is 0.104. The van der Waals surface area contributed by atoms with Crippen molar-refractivity contribution in [3.05, 3.63) is 29.8 Å². The summed E-state index contributed by atoms with van der Waals surface area (Å²) >= 11 is 5.46. The molecule has 0 aromatic heterocycles. The third-order valence-electron chi connectivity index (χ3n) is 2.25. The summed E-state index contributed by atoms with van der Waals surface area (Å²) in [5.74, 6) is 0.584. The molecule has 1 amide bonds. The predicted molar refractivity (Wildman–Crippen MR) is 69.5 cm³/mol. The van der Waals surface area contributed by atoms with Gasteiger partial charge in [0.05, 0.1) is 12.1 Å². The Labute approximate surface area is 107 Å². The smallest absolute Gasteiger partial charge is 0.235 e. The van der Waals surface area contributed by atoms with E-state index >= 15 is 0 Å². The van der Waals surface area contributed by atoms with Gasteiger partial charge in [-0.2, -0.15) is 0 Å². The van der Waals surface area contributed by atoms with E-state index < -0.39 is 0 Å². The number of benzene rings is 1. The van der Waals surface area contributed by atoms with Gasteiger partial charge in [0.15, 0.2) is 0 Å². The molecule has 0 aliphatic rings. The third-order valence-corrected chi connectivity index (χ3v) is 2.49. The van der Waals surface area contributed by atoms with E-state index in [1.54, 1.807) is 0 Å². The lowest BCUT2D eigenvalue weighted by atomic mass is 10.1. The maximum absolute atomic E-state index is 11.2. The minimum absolute atomic E-state index is 0.0302. The van der Waals surface area contributed by atoms with Crippen LogP contribution < -0.4 is 10.1 Å². The highest BCUT2D eigenvalue weighted by Crippen LogP contribution is 2.25.